The number of sulfonamides is 1. The summed E-state index contributed by atoms with van der Waals surface area (Å²) in [6.07, 6.45) is 3.42. The van der Waals surface area contributed by atoms with Crippen LogP contribution in [0.25, 0.3) is 0 Å². The number of amides is 1. The number of hydrazone groups is 1. The number of nitrogens with one attached hydrogen (secondary N) is 1. The third kappa shape index (κ3) is 7.26. The van der Waals surface area contributed by atoms with E-state index in [1.165, 1.54) is 6.21 Å². The predicted molar refractivity (Wildman–Crippen MR) is 127 cm³/mol. The van der Waals surface area contributed by atoms with Crippen molar-refractivity contribution < 1.29 is 22.7 Å². The topological polar surface area (TPSA) is 97.3 Å². The van der Waals surface area contributed by atoms with Crippen LogP contribution in [0.15, 0.2) is 41.5 Å². The van der Waals surface area contributed by atoms with E-state index >= 15 is 0 Å². The van der Waals surface area contributed by atoms with Gasteiger partial charge in [-0.1, -0.05) is 19.1 Å². The Labute approximate surface area is 190 Å². The third-order valence-electron chi connectivity index (χ3n) is 4.45. The molecule has 0 fully saturated rings. The van der Waals surface area contributed by atoms with Gasteiger partial charge >= 0.3 is 0 Å². The molecule has 1 amide bonds. The quantitative estimate of drug-likeness (QED) is 0.409. The van der Waals surface area contributed by atoms with Crippen molar-refractivity contribution in [3.8, 4) is 11.5 Å². The van der Waals surface area contributed by atoms with Crippen molar-refractivity contribution >= 4 is 27.8 Å². The van der Waals surface area contributed by atoms with Gasteiger partial charge in [0.15, 0.2) is 11.5 Å². The molecule has 8 nitrogen and oxygen atoms in total. The number of nitrogens with zero attached hydrogens (tertiary/aromatic N) is 2. The van der Waals surface area contributed by atoms with E-state index in [0.717, 1.165) is 28.1 Å². The minimum absolute atomic E-state index is 0.380. The summed E-state index contributed by atoms with van der Waals surface area (Å²) < 4.78 is 37.0. The largest absolute Gasteiger partial charge is 0.490 e. The van der Waals surface area contributed by atoms with Crippen LogP contribution in [0, 0.1) is 13.8 Å². The zero-order valence-corrected chi connectivity index (χ0v) is 20.0. The molecule has 0 radical (unpaired) electrons. The summed E-state index contributed by atoms with van der Waals surface area (Å²) in [4.78, 5) is 12.4. The molecule has 0 heterocycles. The number of rotatable bonds is 11. The molecule has 0 saturated heterocycles. The van der Waals surface area contributed by atoms with E-state index in [2.05, 4.69) is 10.5 Å². The summed E-state index contributed by atoms with van der Waals surface area (Å²) in [7, 11) is -3.66. The highest BCUT2D eigenvalue weighted by atomic mass is 32.2. The van der Waals surface area contributed by atoms with Crippen molar-refractivity contribution in [3.63, 3.8) is 0 Å². The molecular weight excluding hydrogens is 430 g/mol. The molecule has 2 aromatic rings. The van der Waals surface area contributed by atoms with Crippen LogP contribution >= 0.6 is 0 Å². The van der Waals surface area contributed by atoms with E-state index in [-0.39, 0.29) is 6.54 Å². The summed E-state index contributed by atoms with van der Waals surface area (Å²) in [6, 6.07) is 10.8. The maximum absolute atomic E-state index is 12.4. The van der Waals surface area contributed by atoms with Crippen LogP contribution in [0.4, 0.5) is 5.69 Å². The number of hydrogen-bond donors (Lipinski definition) is 1. The van der Waals surface area contributed by atoms with Crippen molar-refractivity contribution in [2.24, 2.45) is 5.10 Å². The van der Waals surface area contributed by atoms with E-state index < -0.39 is 15.9 Å². The Hall–Kier alpha value is -3.07. The molecular formula is C23H31N3O5S. The number of carbonyl (C=O) groups excluding carboxylic acids is 1. The number of ether oxygens (including phenoxy) is 2. The fourth-order valence-corrected chi connectivity index (χ4v) is 3.82. The SMILES string of the molecule is CCCOc1ccc(/C=N\NC(=O)CN(c2cc(C)ccc2C)S(C)(=O)=O)cc1OCC. The molecule has 0 bridgehead atoms. The standard InChI is InChI=1S/C23H31N3O5S/c1-6-12-31-21-11-10-19(14-22(21)30-7-2)15-24-25-23(27)16-26(32(5,28)29)20-13-17(3)8-9-18(20)4/h8-11,13-15H,6-7,12,16H2,1-5H3,(H,25,27)/b24-15-. The predicted octanol–water partition coefficient (Wildman–Crippen LogP) is 3.41. The second-order valence-corrected chi connectivity index (χ2v) is 9.25. The lowest BCUT2D eigenvalue weighted by atomic mass is 10.1. The Morgan fingerprint density at radius 1 is 1.09 bits per heavy atom. The van der Waals surface area contributed by atoms with Crippen molar-refractivity contribution in [1.82, 2.24) is 5.43 Å². The van der Waals surface area contributed by atoms with E-state index in [1.807, 2.05) is 32.9 Å². The molecule has 1 N–H and O–H groups in total. The van der Waals surface area contributed by atoms with Crippen molar-refractivity contribution in [2.45, 2.75) is 34.1 Å². The third-order valence-corrected chi connectivity index (χ3v) is 5.58. The van der Waals surface area contributed by atoms with Crippen LogP contribution < -0.4 is 19.2 Å². The monoisotopic (exact) mass is 461 g/mol. The van der Waals surface area contributed by atoms with Crippen molar-refractivity contribution in [3.05, 3.63) is 53.1 Å². The summed E-state index contributed by atoms with van der Waals surface area (Å²) in [5.74, 6) is 0.683. The summed E-state index contributed by atoms with van der Waals surface area (Å²) in [6.45, 7) is 8.26. The van der Waals surface area contributed by atoms with E-state index in [4.69, 9.17) is 9.47 Å². The Balaban J connectivity index is 2.11. The first-order valence-corrected chi connectivity index (χ1v) is 12.3. The van der Waals surface area contributed by atoms with Crippen LogP contribution in [0.2, 0.25) is 0 Å². The number of carbonyl (C=O) groups is 1. The molecule has 0 atom stereocenters. The van der Waals surface area contributed by atoms with Crippen LogP contribution in [-0.2, 0) is 14.8 Å². The molecule has 0 aromatic heterocycles. The zero-order valence-electron chi connectivity index (χ0n) is 19.2. The zero-order chi connectivity index (χ0) is 23.7. The van der Waals surface area contributed by atoms with Crippen LogP contribution in [0.3, 0.4) is 0 Å². The molecule has 0 saturated carbocycles. The molecule has 174 valence electrons. The maximum atomic E-state index is 12.4. The van der Waals surface area contributed by atoms with Gasteiger partial charge in [-0.2, -0.15) is 5.10 Å². The van der Waals surface area contributed by atoms with Crippen LogP contribution in [0.1, 0.15) is 37.0 Å². The summed E-state index contributed by atoms with van der Waals surface area (Å²) in [5, 5.41) is 3.96. The van der Waals surface area contributed by atoms with Gasteiger partial charge in [-0.3, -0.25) is 9.10 Å². The number of benzene rings is 2. The fourth-order valence-electron chi connectivity index (χ4n) is 2.92. The fraction of sp³-hybridized carbons (Fsp3) is 0.391. The molecule has 0 aliphatic heterocycles. The molecule has 9 heteroatoms. The lowest BCUT2D eigenvalue weighted by molar-refractivity contribution is -0.119. The highest BCUT2D eigenvalue weighted by Crippen LogP contribution is 2.28. The molecule has 0 aliphatic rings. The van der Waals surface area contributed by atoms with Gasteiger partial charge in [0.25, 0.3) is 5.91 Å². The van der Waals surface area contributed by atoms with Gasteiger partial charge in [0.1, 0.15) is 6.54 Å². The molecule has 0 aliphatic carbocycles. The smallest absolute Gasteiger partial charge is 0.260 e. The molecule has 0 unspecified atom stereocenters. The minimum atomic E-state index is -3.66. The second kappa shape index (κ2) is 11.5. The van der Waals surface area contributed by atoms with E-state index in [0.29, 0.717) is 36.0 Å². The molecule has 2 aromatic carbocycles. The van der Waals surface area contributed by atoms with Crippen LogP contribution in [-0.4, -0.2) is 46.6 Å². The van der Waals surface area contributed by atoms with Gasteiger partial charge in [-0.25, -0.2) is 13.8 Å². The van der Waals surface area contributed by atoms with Gasteiger partial charge < -0.3 is 9.47 Å². The Bertz CT molecular complexity index is 1070. The first kappa shape index (κ1) is 25.2. The normalized spacial score (nSPS) is 11.4. The lowest BCUT2D eigenvalue weighted by Gasteiger charge is -2.23. The average molecular weight is 462 g/mol. The average Bonchev–Trinajstić information content (AvgIpc) is 2.73. The minimum Gasteiger partial charge on any atom is -0.490 e. The van der Waals surface area contributed by atoms with E-state index in [1.54, 1.807) is 31.2 Å². The second-order valence-electron chi connectivity index (χ2n) is 7.34. The Morgan fingerprint density at radius 3 is 2.50 bits per heavy atom. The molecule has 32 heavy (non-hydrogen) atoms. The number of hydrogen-bond acceptors (Lipinski definition) is 6. The van der Waals surface area contributed by atoms with Gasteiger partial charge in [-0.05, 0) is 68.1 Å². The number of aryl methyl sites for hydroxylation is 2. The molecule has 2 rings (SSSR count). The van der Waals surface area contributed by atoms with Gasteiger partial charge in [-0.15, -0.1) is 0 Å². The number of anilines is 1. The highest BCUT2D eigenvalue weighted by molar-refractivity contribution is 7.92. The highest BCUT2D eigenvalue weighted by Gasteiger charge is 2.22. The lowest BCUT2D eigenvalue weighted by Crippen LogP contribution is -2.39. The van der Waals surface area contributed by atoms with Crippen molar-refractivity contribution in [1.29, 1.82) is 0 Å². The Morgan fingerprint density at radius 2 is 1.84 bits per heavy atom. The van der Waals surface area contributed by atoms with Crippen LogP contribution in [0.5, 0.6) is 11.5 Å². The van der Waals surface area contributed by atoms with Crippen molar-refractivity contribution in [2.75, 3.05) is 30.3 Å². The van der Waals surface area contributed by atoms with Gasteiger partial charge in [0, 0.05) is 0 Å². The summed E-state index contributed by atoms with van der Waals surface area (Å²) in [5.41, 5.74) is 5.21. The summed E-state index contributed by atoms with van der Waals surface area (Å²) >= 11 is 0. The maximum Gasteiger partial charge on any atom is 0.260 e. The first-order chi connectivity index (χ1) is 15.2. The molecule has 0 spiro atoms. The first-order valence-electron chi connectivity index (χ1n) is 10.4. The van der Waals surface area contributed by atoms with Gasteiger partial charge in [0.05, 0.1) is 31.4 Å². The Kier molecular flexibility index (Phi) is 9.07. The van der Waals surface area contributed by atoms with E-state index in [9.17, 15) is 13.2 Å². The van der Waals surface area contributed by atoms with Gasteiger partial charge in [0.2, 0.25) is 10.0 Å².